The third-order valence-corrected chi connectivity index (χ3v) is 4.03. The summed E-state index contributed by atoms with van der Waals surface area (Å²) >= 11 is 1.57. The van der Waals surface area contributed by atoms with Crippen LogP contribution in [0, 0.1) is 11.3 Å². The van der Waals surface area contributed by atoms with E-state index in [0.29, 0.717) is 5.22 Å². The van der Waals surface area contributed by atoms with Gasteiger partial charge in [0, 0.05) is 5.25 Å². The van der Waals surface area contributed by atoms with Gasteiger partial charge in [-0.3, -0.25) is 5.32 Å². The number of nitrogens with zero attached hydrogens (tertiary/aromatic N) is 2. The van der Waals surface area contributed by atoms with Crippen LogP contribution in [0.1, 0.15) is 27.2 Å². The van der Waals surface area contributed by atoms with Gasteiger partial charge in [0.15, 0.2) is 5.58 Å². The zero-order chi connectivity index (χ0) is 14.6. The highest BCUT2D eigenvalue weighted by Crippen LogP contribution is 2.30. The second-order valence-electron chi connectivity index (χ2n) is 5.05. The number of benzene rings is 1. The van der Waals surface area contributed by atoms with Gasteiger partial charge < -0.3 is 4.42 Å². The first-order valence-electron chi connectivity index (χ1n) is 6.75. The topological polar surface area (TPSA) is 61.9 Å². The number of rotatable bonds is 6. The van der Waals surface area contributed by atoms with Gasteiger partial charge in [-0.1, -0.05) is 37.7 Å². The molecule has 0 spiro atoms. The minimum Gasteiger partial charge on any atom is -0.431 e. The maximum Gasteiger partial charge on any atom is 0.256 e. The van der Waals surface area contributed by atoms with Crippen molar-refractivity contribution in [2.45, 2.75) is 43.2 Å². The van der Waals surface area contributed by atoms with Crippen LogP contribution in [0.2, 0.25) is 0 Å². The molecule has 1 heterocycles. The van der Waals surface area contributed by atoms with E-state index < -0.39 is 5.54 Å². The van der Waals surface area contributed by atoms with Crippen molar-refractivity contribution in [3.8, 4) is 6.07 Å². The molecule has 0 bridgehead atoms. The normalized spacial score (nSPS) is 15.7. The fourth-order valence-corrected chi connectivity index (χ4v) is 3.29. The van der Waals surface area contributed by atoms with Crippen LogP contribution >= 0.6 is 11.8 Å². The maximum atomic E-state index is 9.28. The first kappa shape index (κ1) is 14.9. The largest absolute Gasteiger partial charge is 0.431 e. The van der Waals surface area contributed by atoms with Gasteiger partial charge in [-0.25, -0.2) is 4.98 Å². The molecule has 106 valence electrons. The Labute approximate surface area is 123 Å². The first-order valence-corrected chi connectivity index (χ1v) is 7.63. The number of fused-ring (bicyclic) bond motifs is 1. The Balaban J connectivity index is 2.04. The molecular weight excluding hydrogens is 270 g/mol. The number of nitrogens with one attached hydrogen (secondary N) is 1. The zero-order valence-electron chi connectivity index (χ0n) is 12.0. The van der Waals surface area contributed by atoms with E-state index in [9.17, 15) is 5.26 Å². The van der Waals surface area contributed by atoms with Gasteiger partial charge in [-0.05, 0) is 32.0 Å². The third kappa shape index (κ3) is 3.53. The average molecular weight is 289 g/mol. The molecule has 0 radical (unpaired) electrons. The molecule has 0 aliphatic heterocycles. The molecule has 1 N–H and O–H groups in total. The lowest BCUT2D eigenvalue weighted by atomic mass is 9.98. The molecule has 2 aromatic rings. The highest BCUT2D eigenvalue weighted by molar-refractivity contribution is 7.99. The van der Waals surface area contributed by atoms with Crippen LogP contribution in [-0.4, -0.2) is 22.3 Å². The summed E-state index contributed by atoms with van der Waals surface area (Å²) in [7, 11) is 0. The Hall–Kier alpha value is -1.51. The Bertz CT molecular complexity index is 586. The van der Waals surface area contributed by atoms with Crippen LogP contribution < -0.4 is 5.32 Å². The van der Waals surface area contributed by atoms with Crippen molar-refractivity contribution in [1.82, 2.24) is 10.3 Å². The summed E-state index contributed by atoms with van der Waals surface area (Å²) in [5.41, 5.74) is 1.17. The maximum absolute atomic E-state index is 9.28. The summed E-state index contributed by atoms with van der Waals surface area (Å²) < 4.78 is 5.70. The average Bonchev–Trinajstić information content (AvgIpc) is 2.80. The predicted molar refractivity (Wildman–Crippen MR) is 81.6 cm³/mol. The number of hydrogen-bond acceptors (Lipinski definition) is 5. The van der Waals surface area contributed by atoms with Gasteiger partial charge >= 0.3 is 0 Å². The van der Waals surface area contributed by atoms with E-state index in [2.05, 4.69) is 23.3 Å². The molecule has 2 rings (SSSR count). The minimum absolute atomic E-state index is 0.242. The zero-order valence-corrected chi connectivity index (χ0v) is 12.8. The monoisotopic (exact) mass is 289 g/mol. The standard InChI is InChI=1S/C15H19N3OS/c1-4-17-15(3,10-16)9-11(2)20-14-18-12-7-5-6-8-13(12)19-14/h5-8,11,17H,4,9H2,1-3H3. The smallest absolute Gasteiger partial charge is 0.256 e. The second-order valence-corrected chi connectivity index (χ2v) is 6.44. The van der Waals surface area contributed by atoms with Crippen molar-refractivity contribution in [3.05, 3.63) is 24.3 Å². The number of nitriles is 1. The van der Waals surface area contributed by atoms with Gasteiger partial charge in [-0.15, -0.1) is 0 Å². The minimum atomic E-state index is -0.507. The van der Waals surface area contributed by atoms with E-state index in [-0.39, 0.29) is 5.25 Å². The van der Waals surface area contributed by atoms with Crippen molar-refractivity contribution in [2.24, 2.45) is 0 Å². The lowest BCUT2D eigenvalue weighted by Crippen LogP contribution is -2.42. The van der Waals surface area contributed by atoms with E-state index >= 15 is 0 Å². The van der Waals surface area contributed by atoms with E-state index in [4.69, 9.17) is 4.42 Å². The third-order valence-electron chi connectivity index (χ3n) is 3.09. The fourth-order valence-electron chi connectivity index (χ4n) is 2.24. The van der Waals surface area contributed by atoms with Crippen LogP contribution in [0.4, 0.5) is 0 Å². The quantitative estimate of drug-likeness (QED) is 0.823. The Morgan fingerprint density at radius 1 is 1.50 bits per heavy atom. The van der Waals surface area contributed by atoms with Gasteiger partial charge in [0.25, 0.3) is 5.22 Å². The summed E-state index contributed by atoms with van der Waals surface area (Å²) in [6.07, 6.45) is 0.737. The molecule has 0 fully saturated rings. The molecule has 5 heteroatoms. The number of para-hydroxylation sites is 2. The lowest BCUT2D eigenvalue weighted by molar-refractivity contribution is 0.427. The highest BCUT2D eigenvalue weighted by atomic mass is 32.2. The molecule has 2 unspecified atom stereocenters. The van der Waals surface area contributed by atoms with E-state index in [1.54, 1.807) is 11.8 Å². The number of oxazole rings is 1. The fraction of sp³-hybridized carbons (Fsp3) is 0.467. The first-order chi connectivity index (χ1) is 9.56. The molecule has 20 heavy (non-hydrogen) atoms. The Morgan fingerprint density at radius 3 is 2.90 bits per heavy atom. The number of thioether (sulfide) groups is 1. The SMILES string of the molecule is CCNC(C)(C#N)CC(C)Sc1nc2ccccc2o1. The lowest BCUT2D eigenvalue weighted by Gasteiger charge is -2.25. The van der Waals surface area contributed by atoms with Crippen molar-refractivity contribution in [3.63, 3.8) is 0 Å². The summed E-state index contributed by atoms with van der Waals surface area (Å²) in [6, 6.07) is 10.1. The molecular formula is C15H19N3OS. The molecule has 2 atom stereocenters. The second kappa shape index (κ2) is 6.29. The van der Waals surface area contributed by atoms with E-state index in [1.165, 1.54) is 0 Å². The van der Waals surface area contributed by atoms with Crippen LogP contribution in [0.15, 0.2) is 33.9 Å². The summed E-state index contributed by atoms with van der Waals surface area (Å²) in [5, 5.41) is 13.4. The van der Waals surface area contributed by atoms with E-state index in [1.807, 2.05) is 38.1 Å². The van der Waals surface area contributed by atoms with Gasteiger partial charge in [0.1, 0.15) is 11.1 Å². The predicted octanol–water partition coefficient (Wildman–Crippen LogP) is 3.59. The molecule has 0 aliphatic carbocycles. The van der Waals surface area contributed by atoms with Crippen LogP contribution in [-0.2, 0) is 0 Å². The Morgan fingerprint density at radius 2 is 2.25 bits per heavy atom. The summed E-state index contributed by atoms with van der Waals surface area (Å²) in [5.74, 6) is 0. The van der Waals surface area contributed by atoms with Crippen molar-refractivity contribution in [1.29, 1.82) is 5.26 Å². The van der Waals surface area contributed by atoms with Gasteiger partial charge in [-0.2, -0.15) is 5.26 Å². The molecule has 4 nitrogen and oxygen atoms in total. The molecule has 1 aromatic heterocycles. The number of hydrogen-bond donors (Lipinski definition) is 1. The van der Waals surface area contributed by atoms with Crippen molar-refractivity contribution >= 4 is 22.9 Å². The highest BCUT2D eigenvalue weighted by Gasteiger charge is 2.26. The number of aromatic nitrogens is 1. The van der Waals surface area contributed by atoms with Crippen molar-refractivity contribution in [2.75, 3.05) is 6.54 Å². The molecule has 0 aliphatic rings. The summed E-state index contributed by atoms with van der Waals surface area (Å²) in [6.45, 7) is 6.81. The molecule has 1 aromatic carbocycles. The van der Waals surface area contributed by atoms with Crippen LogP contribution in [0.3, 0.4) is 0 Å². The van der Waals surface area contributed by atoms with Crippen molar-refractivity contribution < 1.29 is 4.42 Å². The van der Waals surface area contributed by atoms with Crippen LogP contribution in [0.5, 0.6) is 0 Å². The molecule has 0 amide bonds. The van der Waals surface area contributed by atoms with Gasteiger partial charge in [0.2, 0.25) is 0 Å². The summed E-state index contributed by atoms with van der Waals surface area (Å²) in [4.78, 5) is 4.45. The van der Waals surface area contributed by atoms with E-state index in [0.717, 1.165) is 24.1 Å². The molecule has 0 saturated carbocycles. The Kier molecular flexibility index (Phi) is 4.69. The van der Waals surface area contributed by atoms with Crippen LogP contribution in [0.25, 0.3) is 11.1 Å². The van der Waals surface area contributed by atoms with Gasteiger partial charge in [0.05, 0.1) is 6.07 Å². The molecule has 0 saturated heterocycles.